The molecule has 0 fully saturated rings. The van der Waals surface area contributed by atoms with Gasteiger partial charge < -0.3 is 15.4 Å². The van der Waals surface area contributed by atoms with Crippen LogP contribution in [0.1, 0.15) is 36.7 Å². The van der Waals surface area contributed by atoms with Gasteiger partial charge in [-0.2, -0.15) is 5.10 Å². The molecule has 0 saturated carbocycles. The number of amides is 2. The van der Waals surface area contributed by atoms with Gasteiger partial charge in [0.2, 0.25) is 5.91 Å². The molecule has 2 rings (SSSR count). The fourth-order valence-electron chi connectivity index (χ4n) is 2.22. The lowest BCUT2D eigenvalue weighted by molar-refractivity contribution is -0.115. The molecule has 1 aromatic carbocycles. The summed E-state index contributed by atoms with van der Waals surface area (Å²) in [6, 6.07) is 7.39. The Bertz CT molecular complexity index is 730. The fraction of sp³-hybridized carbons (Fsp3) is 0.389. The van der Waals surface area contributed by atoms with Crippen LogP contribution in [0.15, 0.2) is 36.7 Å². The fourth-order valence-corrected chi connectivity index (χ4v) is 2.22. The van der Waals surface area contributed by atoms with E-state index in [9.17, 15) is 9.59 Å². The minimum absolute atomic E-state index is 0.0299. The summed E-state index contributed by atoms with van der Waals surface area (Å²) in [7, 11) is 1.56. The molecule has 2 amide bonds. The summed E-state index contributed by atoms with van der Waals surface area (Å²) in [5.74, 6) is -0.609. The quantitative estimate of drug-likeness (QED) is 0.841. The average molecular weight is 344 g/mol. The Balaban J connectivity index is 1.85. The number of ether oxygens (including phenoxy) is 1. The predicted octanol–water partition coefficient (Wildman–Crippen LogP) is 2.15. The summed E-state index contributed by atoms with van der Waals surface area (Å²) in [4.78, 5) is 24.0. The predicted molar refractivity (Wildman–Crippen MR) is 95.3 cm³/mol. The third-order valence-corrected chi connectivity index (χ3v) is 3.60. The van der Waals surface area contributed by atoms with E-state index in [0.29, 0.717) is 18.0 Å². The lowest BCUT2D eigenvalue weighted by atomic mass is 9.87. The number of hydrogen-bond acceptors (Lipinski definition) is 4. The number of methoxy groups -OCH3 is 1. The normalized spacial score (nSPS) is 11.2. The van der Waals surface area contributed by atoms with Crippen LogP contribution >= 0.6 is 0 Å². The number of nitrogens with one attached hydrogen (secondary N) is 2. The van der Waals surface area contributed by atoms with Gasteiger partial charge in [-0.15, -0.1) is 0 Å². The zero-order valence-electron chi connectivity index (χ0n) is 15.0. The Morgan fingerprint density at radius 1 is 1.20 bits per heavy atom. The highest BCUT2D eigenvalue weighted by Crippen LogP contribution is 2.22. The van der Waals surface area contributed by atoms with Crippen LogP contribution in [0.2, 0.25) is 0 Å². The zero-order valence-corrected chi connectivity index (χ0v) is 15.0. The molecule has 0 radical (unpaired) electrons. The van der Waals surface area contributed by atoms with Gasteiger partial charge in [-0.1, -0.05) is 32.9 Å². The maximum atomic E-state index is 12.1. The highest BCUT2D eigenvalue weighted by Gasteiger charge is 2.14. The smallest absolute Gasteiger partial charge is 0.251 e. The zero-order chi connectivity index (χ0) is 18.4. The van der Waals surface area contributed by atoms with Gasteiger partial charge in [0.1, 0.15) is 6.73 Å². The number of nitrogens with zero attached hydrogens (tertiary/aromatic N) is 2. The number of rotatable bonds is 6. The van der Waals surface area contributed by atoms with Gasteiger partial charge in [0.15, 0.2) is 0 Å². The first-order valence-electron chi connectivity index (χ1n) is 7.99. The second kappa shape index (κ2) is 7.94. The van der Waals surface area contributed by atoms with Gasteiger partial charge in [-0.25, -0.2) is 4.68 Å². The van der Waals surface area contributed by atoms with Crippen molar-refractivity contribution < 1.29 is 14.3 Å². The number of anilines is 1. The summed E-state index contributed by atoms with van der Waals surface area (Å²) in [6.07, 6.45) is 3.17. The van der Waals surface area contributed by atoms with Gasteiger partial charge in [-0.05, 0) is 23.1 Å². The Morgan fingerprint density at radius 2 is 1.88 bits per heavy atom. The van der Waals surface area contributed by atoms with Gasteiger partial charge in [0.25, 0.3) is 5.91 Å². The molecule has 0 unspecified atom stereocenters. The Morgan fingerprint density at radius 3 is 2.48 bits per heavy atom. The molecule has 2 N–H and O–H groups in total. The van der Waals surface area contributed by atoms with Gasteiger partial charge in [-0.3, -0.25) is 9.59 Å². The standard InChI is InChI=1S/C18H24N4O3/c1-18(2,3)14-7-5-13(6-8-14)17(24)19-10-16(23)21-15-9-20-22(11-15)12-25-4/h5-9,11H,10,12H2,1-4H3,(H,19,24)(H,21,23). The molecule has 0 spiro atoms. The van der Waals surface area contributed by atoms with Crippen molar-refractivity contribution in [1.82, 2.24) is 15.1 Å². The van der Waals surface area contributed by atoms with Crippen LogP contribution in [0.25, 0.3) is 0 Å². The first kappa shape index (κ1) is 18.7. The summed E-state index contributed by atoms with van der Waals surface area (Å²) in [6.45, 7) is 6.52. The summed E-state index contributed by atoms with van der Waals surface area (Å²) >= 11 is 0. The van der Waals surface area contributed by atoms with E-state index in [1.165, 1.54) is 6.20 Å². The van der Waals surface area contributed by atoms with Gasteiger partial charge in [0, 0.05) is 12.7 Å². The number of carbonyl (C=O) groups is 2. The van der Waals surface area contributed by atoms with Crippen molar-refractivity contribution >= 4 is 17.5 Å². The van der Waals surface area contributed by atoms with E-state index in [1.54, 1.807) is 30.1 Å². The maximum Gasteiger partial charge on any atom is 0.251 e. The van der Waals surface area contributed by atoms with E-state index >= 15 is 0 Å². The third kappa shape index (κ3) is 5.42. The molecule has 7 heteroatoms. The molecule has 134 valence electrons. The van der Waals surface area contributed by atoms with Crippen LogP contribution in [-0.4, -0.2) is 35.2 Å². The SMILES string of the molecule is COCn1cc(NC(=O)CNC(=O)c2ccc(C(C)(C)C)cc2)cn1. The van der Waals surface area contributed by atoms with Crippen molar-refractivity contribution in [3.05, 3.63) is 47.8 Å². The Hall–Kier alpha value is -2.67. The Labute approximate surface area is 147 Å². The first-order valence-corrected chi connectivity index (χ1v) is 7.99. The summed E-state index contributed by atoms with van der Waals surface area (Å²) in [5, 5.41) is 9.29. The van der Waals surface area contributed by atoms with Crippen LogP contribution in [0.3, 0.4) is 0 Å². The number of carbonyl (C=O) groups excluding carboxylic acids is 2. The highest BCUT2D eigenvalue weighted by atomic mass is 16.5. The molecule has 0 aliphatic rings. The summed E-state index contributed by atoms with van der Waals surface area (Å²) < 4.78 is 6.48. The number of benzene rings is 1. The summed E-state index contributed by atoms with van der Waals surface area (Å²) in [5.41, 5.74) is 2.25. The first-order chi connectivity index (χ1) is 11.8. The van der Waals surface area contributed by atoms with Crippen LogP contribution in [0.4, 0.5) is 5.69 Å². The molecule has 7 nitrogen and oxygen atoms in total. The Kier molecular flexibility index (Phi) is 5.93. The van der Waals surface area contributed by atoms with Crippen molar-refractivity contribution in [2.24, 2.45) is 0 Å². The second-order valence-electron chi connectivity index (χ2n) is 6.74. The molecular formula is C18H24N4O3. The topological polar surface area (TPSA) is 85.2 Å². The molecule has 0 atom stereocenters. The van der Waals surface area contributed by atoms with Crippen molar-refractivity contribution in [2.45, 2.75) is 32.9 Å². The molecule has 0 saturated heterocycles. The van der Waals surface area contributed by atoms with Crippen LogP contribution < -0.4 is 10.6 Å². The average Bonchev–Trinajstić information content (AvgIpc) is 2.99. The lowest BCUT2D eigenvalue weighted by Crippen LogP contribution is -2.32. The lowest BCUT2D eigenvalue weighted by Gasteiger charge is -2.19. The van der Waals surface area contributed by atoms with E-state index in [0.717, 1.165) is 5.56 Å². The minimum Gasteiger partial charge on any atom is -0.362 e. The van der Waals surface area contributed by atoms with Gasteiger partial charge in [0.05, 0.1) is 24.6 Å². The molecule has 1 aromatic heterocycles. The molecule has 0 aliphatic carbocycles. The maximum absolute atomic E-state index is 12.1. The number of hydrogen-bond donors (Lipinski definition) is 2. The van der Waals surface area contributed by atoms with Crippen LogP contribution in [0.5, 0.6) is 0 Å². The van der Waals surface area contributed by atoms with Crippen LogP contribution in [-0.2, 0) is 21.7 Å². The number of aromatic nitrogens is 2. The molecule has 1 heterocycles. The molecule has 25 heavy (non-hydrogen) atoms. The molecule has 0 aliphatic heterocycles. The van der Waals surface area contributed by atoms with Crippen molar-refractivity contribution in [3.8, 4) is 0 Å². The van der Waals surface area contributed by atoms with Crippen molar-refractivity contribution in [3.63, 3.8) is 0 Å². The van der Waals surface area contributed by atoms with E-state index in [1.807, 2.05) is 12.1 Å². The van der Waals surface area contributed by atoms with Crippen molar-refractivity contribution in [1.29, 1.82) is 0 Å². The van der Waals surface area contributed by atoms with E-state index < -0.39 is 0 Å². The monoisotopic (exact) mass is 344 g/mol. The van der Waals surface area contributed by atoms with E-state index in [4.69, 9.17) is 4.74 Å². The van der Waals surface area contributed by atoms with Crippen LogP contribution in [0, 0.1) is 0 Å². The van der Waals surface area contributed by atoms with E-state index in [-0.39, 0.29) is 23.8 Å². The third-order valence-electron chi connectivity index (χ3n) is 3.60. The molecule has 0 bridgehead atoms. The molecule has 2 aromatic rings. The highest BCUT2D eigenvalue weighted by molar-refractivity contribution is 5.99. The van der Waals surface area contributed by atoms with E-state index in [2.05, 4.69) is 36.5 Å². The minimum atomic E-state index is -0.323. The second-order valence-corrected chi connectivity index (χ2v) is 6.74. The molecular weight excluding hydrogens is 320 g/mol. The van der Waals surface area contributed by atoms with Gasteiger partial charge >= 0.3 is 0 Å². The van der Waals surface area contributed by atoms with Crippen molar-refractivity contribution in [2.75, 3.05) is 19.0 Å². The largest absolute Gasteiger partial charge is 0.362 e.